The van der Waals surface area contributed by atoms with Crippen molar-refractivity contribution in [1.82, 2.24) is 4.90 Å². The minimum Gasteiger partial charge on any atom is -0.493 e. The van der Waals surface area contributed by atoms with Crippen LogP contribution < -0.4 is 19.9 Å². The molecule has 23 heavy (non-hydrogen) atoms. The highest BCUT2D eigenvalue weighted by atomic mass is 16.5. The minimum atomic E-state index is -0.140. The van der Waals surface area contributed by atoms with Crippen LogP contribution in [0.3, 0.4) is 0 Å². The monoisotopic (exact) mass is 324 g/mol. The van der Waals surface area contributed by atoms with E-state index in [0.29, 0.717) is 35.3 Å². The maximum Gasteiger partial charge on any atom is 0.257 e. The molecule has 1 rings (SSSR count). The Morgan fingerprint density at radius 2 is 1.74 bits per heavy atom. The summed E-state index contributed by atoms with van der Waals surface area (Å²) in [5.41, 5.74) is 6.48. The first-order chi connectivity index (χ1) is 10.9. The fraction of sp³-hybridized carbons (Fsp3) is 0.588. The molecular formula is C17H28N2O4. The molecule has 1 unspecified atom stereocenters. The summed E-state index contributed by atoms with van der Waals surface area (Å²) in [7, 11) is 6.31. The largest absolute Gasteiger partial charge is 0.493 e. The fourth-order valence-electron chi connectivity index (χ4n) is 2.25. The number of nitrogens with zero attached hydrogens (tertiary/aromatic N) is 1. The molecule has 6 nitrogen and oxygen atoms in total. The molecular weight excluding hydrogens is 296 g/mol. The van der Waals surface area contributed by atoms with Crippen LogP contribution in [-0.4, -0.2) is 51.8 Å². The number of rotatable bonds is 8. The lowest BCUT2D eigenvalue weighted by Gasteiger charge is -2.23. The van der Waals surface area contributed by atoms with Gasteiger partial charge >= 0.3 is 0 Å². The maximum atomic E-state index is 12.7. The topological polar surface area (TPSA) is 74.0 Å². The second-order valence-corrected chi connectivity index (χ2v) is 5.81. The number of methoxy groups -OCH3 is 3. The number of carbonyl (C=O) groups is 1. The maximum absolute atomic E-state index is 12.7. The third-order valence-electron chi connectivity index (χ3n) is 3.94. The number of ether oxygens (including phenoxy) is 3. The number of hydrogen-bond acceptors (Lipinski definition) is 5. The molecule has 2 N–H and O–H groups in total. The highest BCUT2D eigenvalue weighted by Crippen LogP contribution is 2.40. The molecule has 0 aliphatic carbocycles. The zero-order valence-electron chi connectivity index (χ0n) is 14.9. The molecule has 0 fully saturated rings. The van der Waals surface area contributed by atoms with Gasteiger partial charge in [0.1, 0.15) is 0 Å². The van der Waals surface area contributed by atoms with Crippen LogP contribution in [0.1, 0.15) is 30.6 Å². The Balaban J connectivity index is 2.99. The van der Waals surface area contributed by atoms with Crippen molar-refractivity contribution in [3.8, 4) is 17.2 Å². The first-order valence-electron chi connectivity index (χ1n) is 7.67. The van der Waals surface area contributed by atoms with Gasteiger partial charge in [0.05, 0.1) is 26.9 Å². The summed E-state index contributed by atoms with van der Waals surface area (Å²) in [6.07, 6.45) is 0.746. The van der Waals surface area contributed by atoms with Gasteiger partial charge in [0, 0.05) is 19.6 Å². The van der Waals surface area contributed by atoms with E-state index in [1.165, 1.54) is 21.3 Å². The van der Waals surface area contributed by atoms with E-state index in [4.69, 9.17) is 19.9 Å². The first-order valence-corrected chi connectivity index (χ1v) is 7.67. The summed E-state index contributed by atoms with van der Waals surface area (Å²) >= 11 is 0. The number of benzene rings is 1. The molecule has 1 atom stereocenters. The standard InChI is InChI=1S/C17H28N2O4/c1-11(2)13(18)9-10-19(3)17(20)12-7-8-14(21-4)16(23-6)15(12)22-5/h7-8,11,13H,9-10,18H2,1-6H3. The average molecular weight is 324 g/mol. The van der Waals surface area contributed by atoms with Crippen molar-refractivity contribution >= 4 is 5.91 Å². The van der Waals surface area contributed by atoms with E-state index in [2.05, 4.69) is 13.8 Å². The van der Waals surface area contributed by atoms with Crippen molar-refractivity contribution < 1.29 is 19.0 Å². The van der Waals surface area contributed by atoms with Crippen molar-refractivity contribution in [2.24, 2.45) is 11.7 Å². The second kappa shape index (κ2) is 8.62. The predicted molar refractivity (Wildman–Crippen MR) is 90.5 cm³/mol. The Morgan fingerprint density at radius 3 is 2.22 bits per heavy atom. The Hall–Kier alpha value is -1.95. The number of carbonyl (C=O) groups excluding carboxylic acids is 1. The quantitative estimate of drug-likeness (QED) is 0.793. The molecule has 0 saturated heterocycles. The second-order valence-electron chi connectivity index (χ2n) is 5.81. The number of hydrogen-bond donors (Lipinski definition) is 1. The lowest BCUT2D eigenvalue weighted by molar-refractivity contribution is 0.0785. The van der Waals surface area contributed by atoms with Crippen LogP contribution in [-0.2, 0) is 0 Å². The molecule has 0 saturated carbocycles. The third-order valence-corrected chi connectivity index (χ3v) is 3.94. The Labute approximate surface area is 138 Å². The van der Waals surface area contributed by atoms with Gasteiger partial charge in [-0.25, -0.2) is 0 Å². The SMILES string of the molecule is COc1ccc(C(=O)N(C)CCC(N)C(C)C)c(OC)c1OC. The number of nitrogens with two attached hydrogens (primary N) is 1. The van der Waals surface area contributed by atoms with E-state index in [0.717, 1.165) is 6.42 Å². The predicted octanol–water partition coefficient (Wildman–Crippen LogP) is 2.16. The summed E-state index contributed by atoms with van der Waals surface area (Å²) in [6.45, 7) is 4.73. The molecule has 1 aromatic carbocycles. The zero-order valence-corrected chi connectivity index (χ0v) is 14.9. The van der Waals surface area contributed by atoms with Gasteiger partial charge in [-0.15, -0.1) is 0 Å². The van der Waals surface area contributed by atoms with E-state index in [-0.39, 0.29) is 11.9 Å². The lowest BCUT2D eigenvalue weighted by Crippen LogP contribution is -2.34. The molecule has 1 amide bonds. The van der Waals surface area contributed by atoms with Crippen molar-refractivity contribution in [3.05, 3.63) is 17.7 Å². The van der Waals surface area contributed by atoms with E-state index in [1.807, 2.05) is 0 Å². The lowest BCUT2D eigenvalue weighted by atomic mass is 10.0. The van der Waals surface area contributed by atoms with Crippen molar-refractivity contribution in [2.75, 3.05) is 34.9 Å². The van der Waals surface area contributed by atoms with Gasteiger partial charge in [-0.05, 0) is 24.5 Å². The van der Waals surface area contributed by atoms with Crippen LogP contribution in [0.15, 0.2) is 12.1 Å². The van der Waals surface area contributed by atoms with E-state index in [9.17, 15) is 4.79 Å². The Morgan fingerprint density at radius 1 is 1.13 bits per heavy atom. The summed E-state index contributed by atoms with van der Waals surface area (Å²) in [6, 6.07) is 3.45. The van der Waals surface area contributed by atoms with Gasteiger partial charge in [-0.2, -0.15) is 0 Å². The van der Waals surface area contributed by atoms with Gasteiger partial charge in [-0.3, -0.25) is 4.79 Å². The van der Waals surface area contributed by atoms with Gasteiger partial charge < -0.3 is 24.8 Å². The molecule has 0 aliphatic heterocycles. The smallest absolute Gasteiger partial charge is 0.257 e. The molecule has 0 heterocycles. The Kier molecular flexibility index (Phi) is 7.16. The molecule has 0 aromatic heterocycles. The third kappa shape index (κ3) is 4.51. The molecule has 1 aromatic rings. The van der Waals surface area contributed by atoms with Crippen LogP contribution in [0.2, 0.25) is 0 Å². The van der Waals surface area contributed by atoms with E-state index >= 15 is 0 Å². The highest BCUT2D eigenvalue weighted by Gasteiger charge is 2.23. The highest BCUT2D eigenvalue weighted by molar-refractivity contribution is 5.98. The minimum absolute atomic E-state index is 0.0672. The van der Waals surface area contributed by atoms with E-state index in [1.54, 1.807) is 24.1 Å². The molecule has 130 valence electrons. The zero-order chi connectivity index (χ0) is 17.6. The number of amides is 1. The summed E-state index contributed by atoms with van der Waals surface area (Å²) < 4.78 is 15.9. The summed E-state index contributed by atoms with van der Waals surface area (Å²) in [5.74, 6) is 1.54. The van der Waals surface area contributed by atoms with Crippen molar-refractivity contribution in [3.63, 3.8) is 0 Å². The summed E-state index contributed by atoms with van der Waals surface area (Å²) in [5, 5.41) is 0. The van der Waals surface area contributed by atoms with Gasteiger partial charge in [-0.1, -0.05) is 13.8 Å². The van der Waals surface area contributed by atoms with Crippen LogP contribution in [0, 0.1) is 5.92 Å². The molecule has 6 heteroatoms. The molecule has 0 bridgehead atoms. The van der Waals surface area contributed by atoms with Crippen LogP contribution >= 0.6 is 0 Å². The molecule has 0 spiro atoms. The van der Waals surface area contributed by atoms with Crippen molar-refractivity contribution in [1.29, 1.82) is 0 Å². The van der Waals surface area contributed by atoms with Gasteiger partial charge in [0.15, 0.2) is 11.5 Å². The van der Waals surface area contributed by atoms with Crippen LogP contribution in [0.4, 0.5) is 0 Å². The van der Waals surface area contributed by atoms with Crippen LogP contribution in [0.25, 0.3) is 0 Å². The fourth-order valence-corrected chi connectivity index (χ4v) is 2.25. The van der Waals surface area contributed by atoms with Crippen molar-refractivity contribution in [2.45, 2.75) is 26.3 Å². The van der Waals surface area contributed by atoms with E-state index < -0.39 is 0 Å². The molecule has 0 radical (unpaired) electrons. The summed E-state index contributed by atoms with van der Waals surface area (Å²) in [4.78, 5) is 14.3. The Bertz CT molecular complexity index is 532. The average Bonchev–Trinajstić information content (AvgIpc) is 2.56. The van der Waals surface area contributed by atoms with Gasteiger partial charge in [0.2, 0.25) is 5.75 Å². The van der Waals surface area contributed by atoms with Crippen LogP contribution in [0.5, 0.6) is 17.2 Å². The van der Waals surface area contributed by atoms with Gasteiger partial charge in [0.25, 0.3) is 5.91 Å². The normalized spacial score (nSPS) is 12.0. The first kappa shape index (κ1) is 19.1. The molecule has 0 aliphatic rings.